The molecule has 1 unspecified atom stereocenters. The summed E-state index contributed by atoms with van der Waals surface area (Å²) < 4.78 is 18.8. The maximum atomic E-state index is 12.8. The number of aliphatic imine (C=N–C) groups is 1. The normalized spacial score (nSPS) is 23.4. The van der Waals surface area contributed by atoms with Gasteiger partial charge in [-0.25, -0.2) is 4.39 Å². The van der Waals surface area contributed by atoms with Gasteiger partial charge in [0.15, 0.2) is 5.90 Å². The summed E-state index contributed by atoms with van der Waals surface area (Å²) in [7, 11) is 0. The summed E-state index contributed by atoms with van der Waals surface area (Å²) in [6.07, 6.45) is 6.62. The molecule has 1 aliphatic carbocycles. The average molecular weight is 293 g/mol. The second-order valence-corrected chi connectivity index (χ2v) is 6.61. The van der Waals surface area contributed by atoms with Crippen molar-refractivity contribution in [2.75, 3.05) is 12.3 Å². The van der Waals surface area contributed by atoms with E-state index in [1.807, 2.05) is 12.1 Å². The highest BCUT2D eigenvalue weighted by atomic mass is 32.2. The van der Waals surface area contributed by atoms with Crippen molar-refractivity contribution in [3.8, 4) is 0 Å². The number of nitrogens with zero attached hydrogens (tertiary/aromatic N) is 1. The fourth-order valence-corrected chi connectivity index (χ4v) is 3.70. The third-order valence-corrected chi connectivity index (χ3v) is 5.09. The molecule has 0 bridgehead atoms. The van der Waals surface area contributed by atoms with Crippen LogP contribution in [0.2, 0.25) is 0 Å². The Labute approximate surface area is 123 Å². The molecule has 4 heteroatoms. The summed E-state index contributed by atoms with van der Waals surface area (Å²) in [5.41, 5.74) is 0. The summed E-state index contributed by atoms with van der Waals surface area (Å²) in [5, 5.41) is 0. The van der Waals surface area contributed by atoms with Crippen LogP contribution in [-0.4, -0.2) is 24.3 Å². The number of hydrogen-bond donors (Lipinski definition) is 0. The number of ether oxygens (including phenoxy) is 1. The number of thioether (sulfide) groups is 1. The van der Waals surface area contributed by atoms with Crippen LogP contribution >= 0.6 is 11.8 Å². The van der Waals surface area contributed by atoms with Crippen LogP contribution in [0.1, 0.15) is 32.1 Å². The molecule has 1 aromatic rings. The van der Waals surface area contributed by atoms with Gasteiger partial charge in [-0.05, 0) is 37.1 Å². The maximum Gasteiger partial charge on any atom is 0.186 e. The molecule has 0 amide bonds. The molecule has 1 heterocycles. The first-order valence-corrected chi connectivity index (χ1v) is 8.39. The van der Waals surface area contributed by atoms with E-state index in [9.17, 15) is 4.39 Å². The first-order valence-electron chi connectivity index (χ1n) is 7.40. The minimum absolute atomic E-state index is 0.182. The fraction of sp³-hybridized carbons (Fsp3) is 0.562. The summed E-state index contributed by atoms with van der Waals surface area (Å²) >= 11 is 1.71. The molecule has 20 heavy (non-hydrogen) atoms. The van der Waals surface area contributed by atoms with Crippen LogP contribution in [0.5, 0.6) is 0 Å². The predicted octanol–water partition coefficient (Wildman–Crippen LogP) is 4.30. The summed E-state index contributed by atoms with van der Waals surface area (Å²) in [4.78, 5) is 5.67. The summed E-state index contributed by atoms with van der Waals surface area (Å²) in [5.74, 6) is 2.25. The van der Waals surface area contributed by atoms with Gasteiger partial charge in [-0.2, -0.15) is 0 Å². The molecular formula is C16H20FNOS. The lowest BCUT2D eigenvalue weighted by Gasteiger charge is -2.22. The Hall–Kier alpha value is -1.03. The number of halogens is 1. The quantitative estimate of drug-likeness (QED) is 0.772. The third kappa shape index (κ3) is 3.54. The molecule has 1 fully saturated rings. The summed E-state index contributed by atoms with van der Waals surface area (Å²) in [6.45, 7) is 0.778. The molecular weight excluding hydrogens is 273 g/mol. The van der Waals surface area contributed by atoms with E-state index in [0.717, 1.165) is 23.1 Å². The molecule has 2 aliphatic rings. The van der Waals surface area contributed by atoms with Crippen molar-refractivity contribution in [3.05, 3.63) is 30.1 Å². The van der Waals surface area contributed by atoms with Gasteiger partial charge >= 0.3 is 0 Å². The van der Waals surface area contributed by atoms with E-state index < -0.39 is 0 Å². The largest absolute Gasteiger partial charge is 0.475 e. The number of benzene rings is 1. The lowest BCUT2D eigenvalue weighted by Crippen LogP contribution is -2.22. The molecule has 2 nitrogen and oxygen atoms in total. The van der Waals surface area contributed by atoms with Gasteiger partial charge in [-0.1, -0.05) is 19.3 Å². The zero-order valence-corrected chi connectivity index (χ0v) is 12.4. The lowest BCUT2D eigenvalue weighted by atomic mass is 9.89. The Morgan fingerprint density at radius 2 is 1.90 bits per heavy atom. The van der Waals surface area contributed by atoms with Gasteiger partial charge in [-0.3, -0.25) is 4.99 Å². The van der Waals surface area contributed by atoms with Crippen molar-refractivity contribution in [2.45, 2.75) is 43.1 Å². The Morgan fingerprint density at radius 3 is 2.65 bits per heavy atom. The molecule has 1 aliphatic heterocycles. The van der Waals surface area contributed by atoms with Crippen LogP contribution in [0.3, 0.4) is 0 Å². The highest BCUT2D eigenvalue weighted by Crippen LogP contribution is 2.29. The Bertz CT molecular complexity index is 468. The molecule has 0 spiro atoms. The van der Waals surface area contributed by atoms with Crippen molar-refractivity contribution in [2.24, 2.45) is 10.9 Å². The molecule has 1 saturated carbocycles. The molecule has 0 N–H and O–H groups in total. The molecule has 3 rings (SSSR count). The Morgan fingerprint density at radius 1 is 1.15 bits per heavy atom. The number of hydrogen-bond acceptors (Lipinski definition) is 3. The van der Waals surface area contributed by atoms with Crippen LogP contribution in [0.4, 0.5) is 4.39 Å². The number of rotatable bonds is 4. The zero-order chi connectivity index (χ0) is 13.8. The standard InChI is InChI=1S/C16H20FNOS/c17-13-6-8-15(9-7-13)20-11-14-10-18-16(19-14)12-4-2-1-3-5-12/h6-9,12,14H,1-5,10-11H2. The zero-order valence-electron chi connectivity index (χ0n) is 11.6. The molecule has 0 saturated heterocycles. The van der Waals surface area contributed by atoms with Crippen LogP contribution < -0.4 is 0 Å². The predicted molar refractivity (Wildman–Crippen MR) is 80.9 cm³/mol. The molecule has 0 aromatic heterocycles. The van der Waals surface area contributed by atoms with Crippen LogP contribution in [0.25, 0.3) is 0 Å². The van der Waals surface area contributed by atoms with Crippen LogP contribution in [0.15, 0.2) is 34.2 Å². The molecule has 0 radical (unpaired) electrons. The van der Waals surface area contributed by atoms with Crippen LogP contribution in [0, 0.1) is 11.7 Å². The van der Waals surface area contributed by atoms with E-state index in [-0.39, 0.29) is 11.9 Å². The second kappa shape index (κ2) is 6.61. The molecule has 1 atom stereocenters. The van der Waals surface area contributed by atoms with Gasteiger partial charge in [0, 0.05) is 16.6 Å². The van der Waals surface area contributed by atoms with Crippen molar-refractivity contribution >= 4 is 17.7 Å². The van der Waals surface area contributed by atoms with Crippen molar-refractivity contribution in [1.29, 1.82) is 0 Å². The fourth-order valence-electron chi connectivity index (χ4n) is 2.82. The highest BCUT2D eigenvalue weighted by molar-refractivity contribution is 7.99. The molecule has 1 aromatic carbocycles. The van der Waals surface area contributed by atoms with E-state index in [4.69, 9.17) is 4.74 Å². The topological polar surface area (TPSA) is 21.6 Å². The second-order valence-electron chi connectivity index (χ2n) is 5.52. The Balaban J connectivity index is 1.45. The van der Waals surface area contributed by atoms with E-state index in [1.165, 1.54) is 44.2 Å². The van der Waals surface area contributed by atoms with Gasteiger partial charge in [0.05, 0.1) is 6.54 Å². The SMILES string of the molecule is Fc1ccc(SCC2CN=C(C3CCCCC3)O2)cc1. The first kappa shape index (κ1) is 13.9. The smallest absolute Gasteiger partial charge is 0.186 e. The van der Waals surface area contributed by atoms with Crippen molar-refractivity contribution in [3.63, 3.8) is 0 Å². The van der Waals surface area contributed by atoms with Gasteiger partial charge in [0.2, 0.25) is 0 Å². The van der Waals surface area contributed by atoms with Crippen molar-refractivity contribution < 1.29 is 9.13 Å². The third-order valence-electron chi connectivity index (χ3n) is 3.94. The average Bonchev–Trinajstić information content (AvgIpc) is 2.97. The highest BCUT2D eigenvalue weighted by Gasteiger charge is 2.27. The Kier molecular flexibility index (Phi) is 4.61. The van der Waals surface area contributed by atoms with Gasteiger partial charge < -0.3 is 4.74 Å². The lowest BCUT2D eigenvalue weighted by molar-refractivity contribution is 0.224. The summed E-state index contributed by atoms with van der Waals surface area (Å²) in [6, 6.07) is 6.64. The monoisotopic (exact) mass is 293 g/mol. The maximum absolute atomic E-state index is 12.8. The van der Waals surface area contributed by atoms with E-state index in [2.05, 4.69) is 4.99 Å². The first-order chi connectivity index (χ1) is 9.81. The van der Waals surface area contributed by atoms with E-state index >= 15 is 0 Å². The van der Waals surface area contributed by atoms with E-state index in [0.29, 0.717) is 5.92 Å². The van der Waals surface area contributed by atoms with Gasteiger partial charge in [0.1, 0.15) is 11.9 Å². The van der Waals surface area contributed by atoms with Crippen LogP contribution in [-0.2, 0) is 4.74 Å². The minimum atomic E-state index is -0.186. The van der Waals surface area contributed by atoms with Gasteiger partial charge in [0.25, 0.3) is 0 Å². The van der Waals surface area contributed by atoms with Crippen molar-refractivity contribution in [1.82, 2.24) is 0 Å². The minimum Gasteiger partial charge on any atom is -0.475 e. The van der Waals surface area contributed by atoms with E-state index in [1.54, 1.807) is 11.8 Å². The van der Waals surface area contributed by atoms with Gasteiger partial charge in [-0.15, -0.1) is 11.8 Å². The molecule has 108 valence electrons.